The van der Waals surface area contributed by atoms with Crippen LogP contribution in [0, 0.1) is 5.82 Å². The topological polar surface area (TPSA) is 9.23 Å². The van der Waals surface area contributed by atoms with Gasteiger partial charge in [0, 0.05) is 6.07 Å². The number of halogens is 3. The van der Waals surface area contributed by atoms with Gasteiger partial charge in [-0.1, -0.05) is 11.6 Å². The van der Waals surface area contributed by atoms with Crippen molar-refractivity contribution >= 4 is 39.3 Å². The van der Waals surface area contributed by atoms with E-state index in [2.05, 4.69) is 15.9 Å². The summed E-state index contributed by atoms with van der Waals surface area (Å²) in [5.41, 5.74) is 0. The Morgan fingerprint density at radius 3 is 2.92 bits per heavy atom. The van der Waals surface area contributed by atoms with Crippen molar-refractivity contribution in [2.75, 3.05) is 12.2 Å². The lowest BCUT2D eigenvalue weighted by Gasteiger charge is -2.06. The smallest absolute Gasteiger partial charge is 0.145 e. The van der Waals surface area contributed by atoms with Crippen LogP contribution >= 0.6 is 39.3 Å². The zero-order valence-electron chi connectivity index (χ0n) is 6.81. The maximum atomic E-state index is 12.9. The first kappa shape index (κ1) is 11.1. The van der Waals surface area contributed by atoms with Gasteiger partial charge in [-0.05, 0) is 28.3 Å². The predicted octanol–water partition coefficient (Wildman–Crippen LogP) is 3.94. The Labute approximate surface area is 93.7 Å². The summed E-state index contributed by atoms with van der Waals surface area (Å²) in [4.78, 5) is 0. The summed E-state index contributed by atoms with van der Waals surface area (Å²) in [6.07, 6.45) is 1.90. The zero-order valence-corrected chi connectivity index (χ0v) is 9.97. The van der Waals surface area contributed by atoms with Gasteiger partial charge in [-0.25, -0.2) is 4.39 Å². The Hall–Kier alpha value is 0.0700. The van der Waals surface area contributed by atoms with Crippen LogP contribution in [0.4, 0.5) is 4.39 Å². The lowest BCUT2D eigenvalue weighted by molar-refractivity contribution is 0.388. The quantitative estimate of drug-likeness (QED) is 0.614. The number of benzene rings is 1. The molecule has 0 aliphatic rings. The van der Waals surface area contributed by atoms with Crippen LogP contribution in [-0.2, 0) is 0 Å². The third-order valence-electron chi connectivity index (χ3n) is 1.31. The van der Waals surface area contributed by atoms with Crippen LogP contribution in [0.2, 0.25) is 5.02 Å². The van der Waals surface area contributed by atoms with Crippen molar-refractivity contribution in [2.24, 2.45) is 0 Å². The maximum absolute atomic E-state index is 12.9. The van der Waals surface area contributed by atoms with Gasteiger partial charge in [0.25, 0.3) is 0 Å². The number of hydrogen-bond donors (Lipinski definition) is 0. The second-order valence-corrected chi connectivity index (χ2v) is 4.32. The molecule has 1 aromatic carbocycles. The molecule has 72 valence electrons. The van der Waals surface area contributed by atoms with E-state index in [1.54, 1.807) is 0 Å². The van der Waals surface area contributed by atoms with Gasteiger partial charge in [0.05, 0.1) is 9.50 Å². The van der Waals surface area contributed by atoms with Gasteiger partial charge in [0.15, 0.2) is 0 Å². The molecule has 0 fully saturated rings. The van der Waals surface area contributed by atoms with Crippen molar-refractivity contribution in [2.45, 2.75) is 0 Å². The van der Waals surface area contributed by atoms with E-state index in [1.807, 2.05) is 6.26 Å². The molecule has 0 aliphatic heterocycles. The lowest BCUT2D eigenvalue weighted by atomic mass is 10.3. The van der Waals surface area contributed by atoms with Crippen molar-refractivity contribution in [1.82, 2.24) is 0 Å². The first-order valence-corrected chi connectivity index (χ1v) is 5.98. The number of hydrogen-bond acceptors (Lipinski definition) is 2. The predicted molar refractivity (Wildman–Crippen MR) is 58.1 cm³/mol. The third-order valence-corrected chi connectivity index (χ3v) is 2.57. The van der Waals surface area contributed by atoms with Crippen molar-refractivity contribution in [3.63, 3.8) is 0 Å². The summed E-state index contributed by atoms with van der Waals surface area (Å²) in [5, 5.41) is 0.0865. The molecule has 1 rings (SSSR count). The minimum absolute atomic E-state index is 0.0865. The van der Waals surface area contributed by atoms with Gasteiger partial charge in [-0.2, -0.15) is 0 Å². The summed E-state index contributed by atoms with van der Waals surface area (Å²) >= 11 is 10.3. The van der Waals surface area contributed by atoms with E-state index in [4.69, 9.17) is 16.3 Å². The molecule has 1 nitrogen and oxygen atoms in total. The van der Waals surface area contributed by atoms with Crippen LogP contribution in [0.15, 0.2) is 16.6 Å². The van der Waals surface area contributed by atoms with Gasteiger partial charge in [0.2, 0.25) is 0 Å². The Balaban J connectivity index is 2.88. The summed E-state index contributed by atoms with van der Waals surface area (Å²) in [5.74, 6) is 0.483. The summed E-state index contributed by atoms with van der Waals surface area (Å²) in [6, 6.07) is 2.75. The molecule has 0 bridgehead atoms. The second-order valence-electron chi connectivity index (χ2n) is 2.25. The molecule has 0 atom stereocenters. The van der Waals surface area contributed by atoms with E-state index in [0.29, 0.717) is 16.2 Å². The Kier molecular flexibility index (Phi) is 4.35. The highest BCUT2D eigenvalue weighted by atomic mass is 79.9. The van der Waals surface area contributed by atoms with Gasteiger partial charge in [0.1, 0.15) is 17.5 Å². The molecule has 13 heavy (non-hydrogen) atoms. The van der Waals surface area contributed by atoms with Crippen LogP contribution in [0.5, 0.6) is 5.75 Å². The van der Waals surface area contributed by atoms with Crippen LogP contribution < -0.4 is 4.74 Å². The summed E-state index contributed by atoms with van der Waals surface area (Å²) in [6.45, 7) is 0. The highest BCUT2D eigenvalue weighted by Crippen LogP contribution is 2.30. The van der Waals surface area contributed by atoms with Gasteiger partial charge >= 0.3 is 0 Å². The minimum atomic E-state index is -0.471. The first-order chi connectivity index (χ1) is 6.15. The van der Waals surface area contributed by atoms with Gasteiger partial charge in [-0.15, -0.1) is 11.8 Å². The van der Waals surface area contributed by atoms with Crippen molar-refractivity contribution in [3.05, 3.63) is 27.4 Å². The fourth-order valence-electron chi connectivity index (χ4n) is 0.737. The van der Waals surface area contributed by atoms with Crippen molar-refractivity contribution in [3.8, 4) is 5.75 Å². The molecule has 0 radical (unpaired) electrons. The van der Waals surface area contributed by atoms with E-state index >= 15 is 0 Å². The third kappa shape index (κ3) is 3.04. The number of ether oxygens (including phenoxy) is 1. The SMILES string of the molecule is CSCOc1cc(F)c(Cl)cc1Br. The monoisotopic (exact) mass is 284 g/mol. The average Bonchev–Trinajstić information content (AvgIpc) is 2.09. The molecule has 0 N–H and O–H groups in total. The molecule has 0 saturated heterocycles. The Bertz CT molecular complexity index is 308. The normalized spacial score (nSPS) is 10.2. The highest BCUT2D eigenvalue weighted by molar-refractivity contribution is 9.10. The summed E-state index contributed by atoms with van der Waals surface area (Å²) in [7, 11) is 0. The number of thioether (sulfide) groups is 1. The Morgan fingerprint density at radius 2 is 2.31 bits per heavy atom. The molecule has 5 heteroatoms. The first-order valence-electron chi connectivity index (χ1n) is 3.41. The number of rotatable bonds is 3. The van der Waals surface area contributed by atoms with Crippen molar-refractivity contribution < 1.29 is 9.13 Å². The molecule has 0 saturated carbocycles. The highest BCUT2D eigenvalue weighted by Gasteiger charge is 2.07. The van der Waals surface area contributed by atoms with Crippen molar-refractivity contribution in [1.29, 1.82) is 0 Å². The molecular formula is C8H7BrClFOS. The van der Waals surface area contributed by atoms with Gasteiger partial charge < -0.3 is 4.74 Å². The van der Waals surface area contributed by atoms with E-state index in [9.17, 15) is 4.39 Å². The minimum Gasteiger partial charge on any atom is -0.482 e. The standard InChI is InChI=1S/C8H7BrClFOS/c1-13-4-12-8-3-7(11)6(10)2-5(8)9/h2-3H,4H2,1H3. The van der Waals surface area contributed by atoms with E-state index < -0.39 is 5.82 Å². The molecule has 0 aromatic heterocycles. The maximum Gasteiger partial charge on any atom is 0.145 e. The molecule has 0 aliphatic carbocycles. The summed E-state index contributed by atoms with van der Waals surface area (Å²) < 4.78 is 18.8. The van der Waals surface area contributed by atoms with E-state index in [0.717, 1.165) is 0 Å². The molecule has 0 amide bonds. The molecule has 1 aromatic rings. The molecule has 0 unspecified atom stereocenters. The van der Waals surface area contributed by atoms with Gasteiger partial charge in [-0.3, -0.25) is 0 Å². The van der Waals surface area contributed by atoms with Crippen LogP contribution in [-0.4, -0.2) is 12.2 Å². The lowest BCUT2D eigenvalue weighted by Crippen LogP contribution is -1.93. The van der Waals surface area contributed by atoms with E-state index in [-0.39, 0.29) is 5.02 Å². The van der Waals surface area contributed by atoms with Crippen LogP contribution in [0.3, 0.4) is 0 Å². The molecule has 0 spiro atoms. The van der Waals surface area contributed by atoms with Crippen LogP contribution in [0.1, 0.15) is 0 Å². The fraction of sp³-hybridized carbons (Fsp3) is 0.250. The zero-order chi connectivity index (χ0) is 9.84. The second kappa shape index (κ2) is 5.08. The molecular weight excluding hydrogens is 279 g/mol. The molecule has 0 heterocycles. The fourth-order valence-corrected chi connectivity index (χ4v) is 1.74. The van der Waals surface area contributed by atoms with E-state index in [1.165, 1.54) is 23.9 Å². The Morgan fingerprint density at radius 1 is 1.62 bits per heavy atom. The average molecular weight is 286 g/mol. The van der Waals surface area contributed by atoms with Crippen LogP contribution in [0.25, 0.3) is 0 Å². The largest absolute Gasteiger partial charge is 0.482 e.